The van der Waals surface area contributed by atoms with Gasteiger partial charge in [-0.05, 0) is 56.4 Å². The lowest BCUT2D eigenvalue weighted by Gasteiger charge is -2.36. The van der Waals surface area contributed by atoms with E-state index in [0.717, 1.165) is 62.7 Å². The fourth-order valence-corrected chi connectivity index (χ4v) is 6.15. The summed E-state index contributed by atoms with van der Waals surface area (Å²) in [6, 6.07) is 20.6. The Labute approximate surface area is 251 Å². The number of hydrogen-bond donors (Lipinski definition) is 1. The molecule has 0 saturated heterocycles. The summed E-state index contributed by atoms with van der Waals surface area (Å²) in [5.41, 5.74) is 12.9. The molecule has 3 aromatic heterocycles. The van der Waals surface area contributed by atoms with Crippen LogP contribution in [0.2, 0.25) is 0 Å². The number of aromatic nitrogens is 4. The molecule has 0 spiro atoms. The van der Waals surface area contributed by atoms with E-state index < -0.39 is 10.1 Å². The maximum Gasteiger partial charge on any atom is 0.296 e. The molecule has 1 saturated carbocycles. The van der Waals surface area contributed by atoms with Gasteiger partial charge in [0.25, 0.3) is 10.1 Å². The first kappa shape index (κ1) is 28.5. The number of allylic oxidation sites excluding steroid dienone is 4. The van der Waals surface area contributed by atoms with Crippen LogP contribution in [0.15, 0.2) is 108 Å². The van der Waals surface area contributed by atoms with E-state index in [0.29, 0.717) is 5.82 Å². The van der Waals surface area contributed by atoms with Gasteiger partial charge in [-0.3, -0.25) is 4.18 Å². The van der Waals surface area contributed by atoms with Crippen molar-refractivity contribution in [2.24, 2.45) is 5.92 Å². The van der Waals surface area contributed by atoms with Crippen molar-refractivity contribution in [3.8, 4) is 22.4 Å². The Morgan fingerprint density at radius 2 is 1.84 bits per heavy atom. The van der Waals surface area contributed by atoms with E-state index >= 15 is 0 Å². The van der Waals surface area contributed by atoms with Crippen molar-refractivity contribution in [1.82, 2.24) is 19.5 Å². The Bertz CT molecular complexity index is 2010. The number of pyridine rings is 1. The molecule has 218 valence electrons. The van der Waals surface area contributed by atoms with E-state index in [1.165, 1.54) is 12.4 Å². The lowest BCUT2D eigenvalue weighted by atomic mass is 9.81. The molecule has 0 unspecified atom stereocenters. The van der Waals surface area contributed by atoms with Crippen LogP contribution in [0.4, 0.5) is 5.82 Å². The van der Waals surface area contributed by atoms with Gasteiger partial charge in [-0.2, -0.15) is 8.42 Å². The van der Waals surface area contributed by atoms with E-state index in [2.05, 4.69) is 63.7 Å². The van der Waals surface area contributed by atoms with Crippen molar-refractivity contribution < 1.29 is 12.6 Å². The highest BCUT2D eigenvalue weighted by molar-refractivity contribution is 7.90. The van der Waals surface area contributed by atoms with E-state index in [1.54, 1.807) is 6.08 Å². The molecule has 2 aromatic carbocycles. The van der Waals surface area contributed by atoms with Gasteiger partial charge in [0.15, 0.2) is 0 Å². The monoisotopic (exact) mass is 591 g/mol. The SMILES string of the molecule is C=C(/C=C\C(C)=C/C)S(=O)(=O)OC[C@H]1C[C@H](n2cc(-c3ccc4ccc(-c5ccccc5)nc4c3)c3c(N)ncnc32)C1. The second-order valence-electron chi connectivity index (χ2n) is 10.9. The number of nitrogens with two attached hydrogens (primary N) is 1. The number of benzene rings is 2. The van der Waals surface area contributed by atoms with Gasteiger partial charge in [-0.25, -0.2) is 15.0 Å². The molecule has 9 heteroatoms. The highest BCUT2D eigenvalue weighted by Crippen LogP contribution is 2.43. The third kappa shape index (κ3) is 5.74. The smallest absolute Gasteiger partial charge is 0.296 e. The molecule has 1 fully saturated rings. The molecule has 1 aliphatic rings. The molecule has 5 aromatic rings. The van der Waals surface area contributed by atoms with Crippen LogP contribution >= 0.6 is 0 Å². The van der Waals surface area contributed by atoms with Gasteiger partial charge in [0.2, 0.25) is 0 Å². The zero-order valence-electron chi connectivity index (χ0n) is 24.1. The number of anilines is 1. The molecular formula is C34H33N5O3S. The molecule has 8 nitrogen and oxygen atoms in total. The zero-order valence-corrected chi connectivity index (χ0v) is 25.0. The fraction of sp³-hybridized carbons (Fsp3) is 0.206. The average Bonchev–Trinajstić information content (AvgIpc) is 3.39. The quantitative estimate of drug-likeness (QED) is 0.142. The van der Waals surface area contributed by atoms with Crippen molar-refractivity contribution in [2.45, 2.75) is 32.7 Å². The summed E-state index contributed by atoms with van der Waals surface area (Å²) in [5.74, 6) is 0.505. The summed E-state index contributed by atoms with van der Waals surface area (Å²) in [7, 11) is -3.89. The van der Waals surface area contributed by atoms with Crippen LogP contribution in [0.3, 0.4) is 0 Å². The number of rotatable bonds is 9. The topological polar surface area (TPSA) is 113 Å². The highest BCUT2D eigenvalue weighted by Gasteiger charge is 2.34. The average molecular weight is 592 g/mol. The van der Waals surface area contributed by atoms with Crippen LogP contribution in [0, 0.1) is 5.92 Å². The standard InChI is InChI=1S/C34H33N5O3S/c1-4-22(2)10-11-23(3)43(40,41)42-20-24-16-28(17-24)39-19-29(32-33(35)36-21-37-34(32)39)27-13-12-26-14-15-30(38-31(26)18-27)25-8-6-5-7-9-25/h4-15,18-19,21,24,28H,3,16-17,20H2,1-2H3,(H2,35,36,37)/b11-10-,22-4-/t24-,28-. The Balaban J connectivity index is 1.23. The van der Waals surface area contributed by atoms with Crippen LogP contribution in [0.25, 0.3) is 44.3 Å². The second kappa shape index (κ2) is 11.6. The van der Waals surface area contributed by atoms with Crippen LogP contribution in [-0.4, -0.2) is 34.5 Å². The molecular weight excluding hydrogens is 558 g/mol. The summed E-state index contributed by atoms with van der Waals surface area (Å²) >= 11 is 0. The summed E-state index contributed by atoms with van der Waals surface area (Å²) < 4.78 is 32.6. The zero-order chi connectivity index (χ0) is 30.1. The predicted molar refractivity (Wildman–Crippen MR) is 172 cm³/mol. The molecule has 0 radical (unpaired) electrons. The number of fused-ring (bicyclic) bond motifs is 2. The summed E-state index contributed by atoms with van der Waals surface area (Å²) in [6.45, 7) is 7.55. The van der Waals surface area contributed by atoms with Gasteiger partial charge in [-0.1, -0.05) is 72.8 Å². The molecule has 6 rings (SSSR count). The van der Waals surface area contributed by atoms with Crippen molar-refractivity contribution in [1.29, 1.82) is 0 Å². The molecule has 1 aliphatic carbocycles. The van der Waals surface area contributed by atoms with Gasteiger partial charge < -0.3 is 10.3 Å². The first-order valence-electron chi connectivity index (χ1n) is 14.2. The lowest BCUT2D eigenvalue weighted by molar-refractivity contribution is 0.131. The molecule has 0 amide bonds. The van der Waals surface area contributed by atoms with E-state index in [9.17, 15) is 8.42 Å². The fourth-order valence-electron chi connectivity index (χ4n) is 5.39. The van der Waals surface area contributed by atoms with E-state index in [4.69, 9.17) is 14.9 Å². The number of nitrogens with zero attached hydrogens (tertiary/aromatic N) is 4. The largest absolute Gasteiger partial charge is 0.383 e. The van der Waals surface area contributed by atoms with Gasteiger partial charge >= 0.3 is 0 Å². The molecule has 0 bridgehead atoms. The Hall–Kier alpha value is -4.60. The first-order chi connectivity index (χ1) is 20.7. The van der Waals surface area contributed by atoms with Crippen LogP contribution in [-0.2, 0) is 14.3 Å². The maximum atomic E-state index is 12.6. The molecule has 0 atom stereocenters. The maximum absolute atomic E-state index is 12.6. The van der Waals surface area contributed by atoms with Crippen molar-refractivity contribution in [3.63, 3.8) is 0 Å². The normalized spacial score (nSPS) is 17.5. The third-order valence-electron chi connectivity index (χ3n) is 8.08. The Kier molecular flexibility index (Phi) is 7.68. The summed E-state index contributed by atoms with van der Waals surface area (Å²) in [6.07, 6.45) is 10.1. The van der Waals surface area contributed by atoms with Crippen LogP contribution in [0.1, 0.15) is 32.7 Å². The minimum atomic E-state index is -3.89. The molecule has 0 aliphatic heterocycles. The van der Waals surface area contributed by atoms with E-state index in [-0.39, 0.29) is 23.5 Å². The minimum absolute atomic E-state index is 0.0569. The first-order valence-corrected chi connectivity index (χ1v) is 15.6. The lowest BCUT2D eigenvalue weighted by Crippen LogP contribution is -2.30. The molecule has 43 heavy (non-hydrogen) atoms. The summed E-state index contributed by atoms with van der Waals surface area (Å²) in [4.78, 5) is 13.8. The molecule has 2 N–H and O–H groups in total. The Morgan fingerprint density at radius 3 is 2.60 bits per heavy atom. The number of hydrogen-bond acceptors (Lipinski definition) is 7. The van der Waals surface area contributed by atoms with Crippen molar-refractivity contribution in [2.75, 3.05) is 12.3 Å². The second-order valence-corrected chi connectivity index (χ2v) is 12.6. The van der Waals surface area contributed by atoms with Crippen molar-refractivity contribution in [3.05, 3.63) is 108 Å². The van der Waals surface area contributed by atoms with Crippen molar-refractivity contribution >= 4 is 37.9 Å². The predicted octanol–water partition coefficient (Wildman–Crippen LogP) is 7.23. The van der Waals surface area contributed by atoms with Gasteiger partial charge in [0.05, 0.1) is 28.1 Å². The number of nitrogen functional groups attached to an aromatic ring is 1. The van der Waals surface area contributed by atoms with E-state index in [1.807, 2.05) is 44.2 Å². The van der Waals surface area contributed by atoms with Gasteiger partial charge in [-0.15, -0.1) is 0 Å². The highest BCUT2D eigenvalue weighted by atomic mass is 32.2. The molecule has 3 heterocycles. The third-order valence-corrected chi connectivity index (χ3v) is 9.31. The van der Waals surface area contributed by atoms with Gasteiger partial charge in [0.1, 0.15) is 17.8 Å². The van der Waals surface area contributed by atoms with Gasteiger partial charge in [0, 0.05) is 28.8 Å². The van der Waals surface area contributed by atoms with Crippen LogP contribution in [0.5, 0.6) is 0 Å². The summed E-state index contributed by atoms with van der Waals surface area (Å²) in [5, 5.41) is 1.84. The van der Waals surface area contributed by atoms with Crippen LogP contribution < -0.4 is 5.73 Å². The minimum Gasteiger partial charge on any atom is -0.383 e. The Morgan fingerprint density at radius 1 is 1.07 bits per heavy atom.